The molecular weight excluding hydrogens is 306 g/mol. The van der Waals surface area contributed by atoms with Crippen molar-refractivity contribution in [3.8, 4) is 0 Å². The van der Waals surface area contributed by atoms with E-state index in [9.17, 15) is 18.3 Å². The van der Waals surface area contributed by atoms with Gasteiger partial charge >= 0.3 is 0 Å². The zero-order valence-electron chi connectivity index (χ0n) is 14.0. The van der Waals surface area contributed by atoms with Crippen LogP contribution in [0.2, 0.25) is 0 Å². The lowest BCUT2D eigenvalue weighted by Gasteiger charge is -2.38. The van der Waals surface area contributed by atoms with Gasteiger partial charge < -0.3 is 10.0 Å². The van der Waals surface area contributed by atoms with Crippen molar-refractivity contribution in [2.24, 2.45) is 5.41 Å². The molecule has 22 heavy (non-hydrogen) atoms. The van der Waals surface area contributed by atoms with Crippen LogP contribution in [0.5, 0.6) is 0 Å². The number of aliphatic hydroxyl groups excluding tert-OH is 1. The van der Waals surface area contributed by atoms with Crippen molar-refractivity contribution in [3.05, 3.63) is 0 Å². The molecule has 1 heterocycles. The minimum Gasteiger partial charge on any atom is -0.391 e. The number of nitrogens with zero attached hydrogens (tertiary/aromatic N) is 2. The Bertz CT molecular complexity index is 465. The monoisotopic (exact) mass is 335 g/mol. The average molecular weight is 335 g/mol. The van der Waals surface area contributed by atoms with Gasteiger partial charge in [0.2, 0.25) is 15.9 Å². The molecule has 0 spiro atoms. The second kappa shape index (κ2) is 7.72. The molecule has 0 aromatic rings. The third kappa shape index (κ3) is 7.04. The van der Waals surface area contributed by atoms with Crippen molar-refractivity contribution in [3.63, 3.8) is 0 Å². The molecule has 130 valence electrons. The lowest BCUT2D eigenvalue weighted by molar-refractivity contribution is -0.133. The summed E-state index contributed by atoms with van der Waals surface area (Å²) in [5.74, 6) is -0.0350. The fourth-order valence-electron chi connectivity index (χ4n) is 2.20. The maximum Gasteiger partial charge on any atom is 0.223 e. The van der Waals surface area contributed by atoms with Gasteiger partial charge in [0.25, 0.3) is 0 Å². The summed E-state index contributed by atoms with van der Waals surface area (Å²) in [6, 6.07) is 0. The van der Waals surface area contributed by atoms with E-state index in [0.29, 0.717) is 19.6 Å². The number of carbonyl (C=O) groups excluding carboxylic acids is 1. The quantitative estimate of drug-likeness (QED) is 0.681. The van der Waals surface area contributed by atoms with Gasteiger partial charge in [0.15, 0.2) is 0 Å². The fourth-order valence-corrected chi connectivity index (χ4v) is 2.67. The Kier molecular flexibility index (Phi) is 6.79. The van der Waals surface area contributed by atoms with E-state index in [-0.39, 0.29) is 24.3 Å². The summed E-state index contributed by atoms with van der Waals surface area (Å²) in [4.78, 5) is 15.9. The van der Waals surface area contributed by atoms with Crippen LogP contribution in [0.4, 0.5) is 0 Å². The van der Waals surface area contributed by atoms with Crippen molar-refractivity contribution in [1.82, 2.24) is 14.5 Å². The van der Waals surface area contributed by atoms with Crippen LogP contribution in [0.3, 0.4) is 0 Å². The van der Waals surface area contributed by atoms with Gasteiger partial charge in [-0.1, -0.05) is 20.8 Å². The summed E-state index contributed by atoms with van der Waals surface area (Å²) in [6.07, 6.45) is 0.864. The number of hydrogen-bond donors (Lipinski definition) is 2. The molecule has 7 nitrogen and oxygen atoms in total. The molecule has 1 rings (SSSR count). The number of piperazine rings is 1. The summed E-state index contributed by atoms with van der Waals surface area (Å²) in [5, 5.41) is 10.1. The molecule has 2 N–H and O–H groups in total. The Balaban J connectivity index is 2.31. The SMILES string of the molecule is CC(C)(C)[C@H](O)CN1CCN(C(=O)CCNS(C)(=O)=O)CC1. The van der Waals surface area contributed by atoms with Crippen molar-refractivity contribution in [2.45, 2.75) is 33.3 Å². The lowest BCUT2D eigenvalue weighted by atomic mass is 9.89. The van der Waals surface area contributed by atoms with E-state index in [1.54, 1.807) is 4.90 Å². The Labute approximate surface area is 133 Å². The molecular formula is C14H29N3O4S. The Morgan fingerprint density at radius 3 is 2.23 bits per heavy atom. The normalized spacial score (nSPS) is 19.2. The van der Waals surface area contributed by atoms with Crippen molar-refractivity contribution in [1.29, 1.82) is 0 Å². The Hall–Kier alpha value is -0.700. The van der Waals surface area contributed by atoms with Gasteiger partial charge in [0.05, 0.1) is 12.4 Å². The third-order valence-corrected chi connectivity index (χ3v) is 4.59. The minimum atomic E-state index is -3.24. The number of nitrogens with one attached hydrogen (secondary N) is 1. The standard InChI is InChI=1S/C14H29N3O4S/c1-14(2,3)12(18)11-16-7-9-17(10-8-16)13(19)5-6-15-22(4,20)21/h12,15,18H,5-11H2,1-4H3/t12-/m1/s1. The van der Waals surface area contributed by atoms with Gasteiger partial charge in [-0.15, -0.1) is 0 Å². The van der Waals surface area contributed by atoms with Gasteiger partial charge in [-0.2, -0.15) is 0 Å². The van der Waals surface area contributed by atoms with Gasteiger partial charge in [0.1, 0.15) is 0 Å². The lowest BCUT2D eigenvalue weighted by Crippen LogP contribution is -2.52. The van der Waals surface area contributed by atoms with Gasteiger partial charge in [-0.05, 0) is 5.41 Å². The second-order valence-electron chi connectivity index (χ2n) is 6.98. The highest BCUT2D eigenvalue weighted by Crippen LogP contribution is 2.20. The third-order valence-electron chi connectivity index (χ3n) is 3.86. The number of carbonyl (C=O) groups is 1. The molecule has 1 aliphatic rings. The van der Waals surface area contributed by atoms with Crippen LogP contribution in [-0.4, -0.2) is 80.9 Å². The Morgan fingerprint density at radius 1 is 1.23 bits per heavy atom. The first-order valence-corrected chi connectivity index (χ1v) is 9.51. The number of aliphatic hydroxyl groups is 1. The van der Waals surface area contributed by atoms with Crippen LogP contribution in [0.25, 0.3) is 0 Å². The molecule has 8 heteroatoms. The van der Waals surface area contributed by atoms with Crippen molar-refractivity contribution >= 4 is 15.9 Å². The zero-order chi connectivity index (χ0) is 17.0. The maximum absolute atomic E-state index is 12.0. The van der Waals surface area contributed by atoms with E-state index in [0.717, 1.165) is 19.3 Å². The molecule has 0 bridgehead atoms. The van der Waals surface area contributed by atoms with Crippen LogP contribution in [0, 0.1) is 5.41 Å². The van der Waals surface area contributed by atoms with Crippen LogP contribution >= 0.6 is 0 Å². The van der Waals surface area contributed by atoms with Crippen LogP contribution < -0.4 is 4.72 Å². The van der Waals surface area contributed by atoms with Crippen LogP contribution in [0.1, 0.15) is 27.2 Å². The smallest absolute Gasteiger partial charge is 0.223 e. The molecule has 0 aromatic heterocycles. The molecule has 0 radical (unpaired) electrons. The van der Waals surface area contributed by atoms with E-state index < -0.39 is 16.1 Å². The van der Waals surface area contributed by atoms with Crippen molar-refractivity contribution in [2.75, 3.05) is 45.5 Å². The molecule has 1 saturated heterocycles. The number of hydrogen-bond acceptors (Lipinski definition) is 5. The average Bonchev–Trinajstić information content (AvgIpc) is 2.36. The predicted octanol–water partition coefficient (Wildman–Crippen LogP) is -0.523. The van der Waals surface area contributed by atoms with Gasteiger partial charge in [-0.3, -0.25) is 9.69 Å². The topological polar surface area (TPSA) is 89.9 Å². The van der Waals surface area contributed by atoms with E-state index in [1.165, 1.54) is 0 Å². The number of sulfonamides is 1. The first-order valence-electron chi connectivity index (χ1n) is 7.62. The van der Waals surface area contributed by atoms with E-state index >= 15 is 0 Å². The summed E-state index contributed by atoms with van der Waals surface area (Å²) >= 11 is 0. The molecule has 1 amide bonds. The molecule has 0 aromatic carbocycles. The van der Waals surface area contributed by atoms with E-state index in [4.69, 9.17) is 0 Å². The molecule has 0 aliphatic carbocycles. The first kappa shape index (κ1) is 19.3. The highest BCUT2D eigenvalue weighted by molar-refractivity contribution is 7.88. The molecule has 1 aliphatic heterocycles. The number of amides is 1. The van der Waals surface area contributed by atoms with Crippen LogP contribution in [-0.2, 0) is 14.8 Å². The first-order chi connectivity index (χ1) is 9.99. The number of β-amino-alcohol motifs (C(OH)–C–C–N with tert-alkyl or cyclic N) is 1. The predicted molar refractivity (Wildman–Crippen MR) is 85.9 cm³/mol. The molecule has 1 atom stereocenters. The van der Waals surface area contributed by atoms with Crippen LogP contribution in [0.15, 0.2) is 0 Å². The fraction of sp³-hybridized carbons (Fsp3) is 0.929. The summed E-state index contributed by atoms with van der Waals surface area (Å²) < 4.78 is 24.2. The van der Waals surface area contributed by atoms with E-state index in [1.807, 2.05) is 20.8 Å². The summed E-state index contributed by atoms with van der Waals surface area (Å²) in [6.45, 7) is 9.48. The molecule has 1 fully saturated rings. The molecule has 0 saturated carbocycles. The van der Waals surface area contributed by atoms with E-state index in [2.05, 4.69) is 9.62 Å². The highest BCUT2D eigenvalue weighted by atomic mass is 32.2. The second-order valence-corrected chi connectivity index (χ2v) is 8.81. The van der Waals surface area contributed by atoms with Gasteiger partial charge in [-0.25, -0.2) is 13.1 Å². The highest BCUT2D eigenvalue weighted by Gasteiger charge is 2.27. The number of rotatable bonds is 6. The summed E-state index contributed by atoms with van der Waals surface area (Å²) in [7, 11) is -3.24. The maximum atomic E-state index is 12.0. The summed E-state index contributed by atoms with van der Waals surface area (Å²) in [5.41, 5.74) is -0.149. The van der Waals surface area contributed by atoms with Gasteiger partial charge in [0, 0.05) is 45.7 Å². The largest absolute Gasteiger partial charge is 0.391 e. The van der Waals surface area contributed by atoms with Crippen molar-refractivity contribution < 1.29 is 18.3 Å². The Morgan fingerprint density at radius 2 is 1.77 bits per heavy atom. The zero-order valence-corrected chi connectivity index (χ0v) is 14.8. The minimum absolute atomic E-state index is 0.0350. The molecule has 0 unspecified atom stereocenters.